The van der Waals surface area contributed by atoms with Gasteiger partial charge in [-0.15, -0.1) is 0 Å². The van der Waals surface area contributed by atoms with Gasteiger partial charge in [-0.1, -0.05) is 6.58 Å². The van der Waals surface area contributed by atoms with E-state index in [0.717, 1.165) is 31.9 Å². The molecule has 1 aliphatic rings. The van der Waals surface area contributed by atoms with Gasteiger partial charge in [-0.25, -0.2) is 0 Å². The summed E-state index contributed by atoms with van der Waals surface area (Å²) in [6.45, 7) is 8.67. The largest absolute Gasteiger partial charge is 0.372 e. The van der Waals surface area contributed by atoms with Gasteiger partial charge >= 0.3 is 0 Å². The molecule has 3 heteroatoms. The van der Waals surface area contributed by atoms with E-state index in [4.69, 9.17) is 5.73 Å². The molecule has 3 N–H and O–H groups in total. The third-order valence-electron chi connectivity index (χ3n) is 1.80. The fourth-order valence-electron chi connectivity index (χ4n) is 1.11. The molecule has 0 atom stereocenters. The molecule has 0 aromatic carbocycles. The van der Waals surface area contributed by atoms with E-state index >= 15 is 0 Å². The highest BCUT2D eigenvalue weighted by Gasteiger charge is 2.08. The van der Waals surface area contributed by atoms with Crippen LogP contribution in [0.5, 0.6) is 0 Å². The molecule has 1 rings (SSSR count). The van der Waals surface area contributed by atoms with Crippen LogP contribution in [0, 0.1) is 0 Å². The van der Waals surface area contributed by atoms with Crippen molar-refractivity contribution in [1.82, 2.24) is 10.2 Å². The molecule has 58 valence electrons. The summed E-state index contributed by atoms with van der Waals surface area (Å²) in [5, 5.41) is 3.27. The lowest BCUT2D eigenvalue weighted by molar-refractivity contribution is 0.297. The molecule has 0 saturated carbocycles. The van der Waals surface area contributed by atoms with Crippen molar-refractivity contribution in [3.63, 3.8) is 0 Å². The quantitative estimate of drug-likeness (QED) is 0.537. The Balaban J connectivity index is 2.31. The van der Waals surface area contributed by atoms with Crippen LogP contribution in [0.1, 0.15) is 0 Å². The minimum Gasteiger partial charge on any atom is -0.372 e. The molecular weight excluding hydrogens is 126 g/mol. The van der Waals surface area contributed by atoms with Crippen molar-refractivity contribution in [3.05, 3.63) is 12.3 Å². The van der Waals surface area contributed by atoms with Crippen molar-refractivity contribution < 1.29 is 0 Å². The molecule has 1 fully saturated rings. The second-order valence-electron chi connectivity index (χ2n) is 2.51. The number of rotatable bonds is 2. The van der Waals surface area contributed by atoms with Gasteiger partial charge in [0.15, 0.2) is 0 Å². The predicted octanol–water partition coefficient (Wildman–Crippen LogP) is -0.636. The second-order valence-corrected chi connectivity index (χ2v) is 2.51. The first-order valence-corrected chi connectivity index (χ1v) is 3.68. The van der Waals surface area contributed by atoms with Crippen LogP contribution in [0.2, 0.25) is 0 Å². The number of hydrogen-bond donors (Lipinski definition) is 2. The molecule has 3 nitrogen and oxygen atoms in total. The first-order valence-electron chi connectivity index (χ1n) is 3.68. The van der Waals surface area contributed by atoms with E-state index in [2.05, 4.69) is 16.8 Å². The van der Waals surface area contributed by atoms with Crippen molar-refractivity contribution in [3.8, 4) is 0 Å². The van der Waals surface area contributed by atoms with Crippen molar-refractivity contribution in [2.24, 2.45) is 5.73 Å². The highest BCUT2D eigenvalue weighted by atomic mass is 15.2. The van der Waals surface area contributed by atoms with Crippen LogP contribution in [-0.4, -0.2) is 37.6 Å². The average molecular weight is 141 g/mol. The third kappa shape index (κ3) is 1.72. The highest BCUT2D eigenvalue weighted by Crippen LogP contribution is 1.99. The average Bonchev–Trinajstić information content (AvgIpc) is 2.05. The number of nitrogens with one attached hydrogen (secondary N) is 1. The first-order chi connectivity index (χ1) is 4.84. The molecule has 0 aromatic rings. The third-order valence-corrected chi connectivity index (χ3v) is 1.80. The second kappa shape index (κ2) is 3.58. The fourth-order valence-corrected chi connectivity index (χ4v) is 1.11. The molecule has 0 aliphatic carbocycles. The number of nitrogens with two attached hydrogens (primary N) is 1. The van der Waals surface area contributed by atoms with E-state index < -0.39 is 0 Å². The van der Waals surface area contributed by atoms with Crippen molar-refractivity contribution >= 4 is 0 Å². The Morgan fingerprint density at radius 1 is 1.50 bits per heavy atom. The Bertz CT molecular complexity index is 116. The van der Waals surface area contributed by atoms with E-state index in [1.54, 1.807) is 0 Å². The van der Waals surface area contributed by atoms with Crippen LogP contribution in [0.4, 0.5) is 0 Å². The lowest BCUT2D eigenvalue weighted by Gasteiger charge is -2.30. The Hall–Kier alpha value is -0.540. The van der Waals surface area contributed by atoms with Crippen LogP contribution in [-0.2, 0) is 0 Å². The van der Waals surface area contributed by atoms with E-state index in [-0.39, 0.29) is 0 Å². The number of hydrogen-bond acceptors (Lipinski definition) is 3. The van der Waals surface area contributed by atoms with Crippen LogP contribution < -0.4 is 11.1 Å². The summed E-state index contributed by atoms with van der Waals surface area (Å²) in [5.74, 6) is 0. The van der Waals surface area contributed by atoms with Crippen molar-refractivity contribution in [1.29, 1.82) is 0 Å². The Kier molecular flexibility index (Phi) is 2.71. The summed E-state index contributed by atoms with van der Waals surface area (Å²) in [7, 11) is 0. The SMILES string of the molecule is C=C(CN)N1CCNCC1. The normalized spacial score (nSPS) is 19.1. The van der Waals surface area contributed by atoms with Gasteiger partial charge < -0.3 is 16.0 Å². The Labute approximate surface area is 61.9 Å². The molecule has 0 unspecified atom stereocenters. The number of piperazine rings is 1. The van der Waals surface area contributed by atoms with Gasteiger partial charge in [-0.05, 0) is 0 Å². The van der Waals surface area contributed by atoms with Crippen LogP contribution in [0.15, 0.2) is 12.3 Å². The van der Waals surface area contributed by atoms with E-state index in [1.165, 1.54) is 0 Å². The van der Waals surface area contributed by atoms with Gasteiger partial charge in [0.1, 0.15) is 0 Å². The molecule has 1 saturated heterocycles. The van der Waals surface area contributed by atoms with Gasteiger partial charge in [0.05, 0.1) is 0 Å². The number of nitrogens with zero attached hydrogens (tertiary/aromatic N) is 1. The monoisotopic (exact) mass is 141 g/mol. The summed E-state index contributed by atoms with van der Waals surface area (Å²) < 4.78 is 0. The lowest BCUT2D eigenvalue weighted by atomic mass is 10.3. The molecule has 10 heavy (non-hydrogen) atoms. The minimum absolute atomic E-state index is 0.583. The summed E-state index contributed by atoms with van der Waals surface area (Å²) in [4.78, 5) is 2.23. The maximum atomic E-state index is 5.44. The van der Waals surface area contributed by atoms with E-state index in [0.29, 0.717) is 6.54 Å². The zero-order valence-corrected chi connectivity index (χ0v) is 6.27. The Morgan fingerprint density at radius 2 is 2.10 bits per heavy atom. The van der Waals surface area contributed by atoms with Gasteiger partial charge in [0.2, 0.25) is 0 Å². The predicted molar refractivity (Wildman–Crippen MR) is 42.6 cm³/mol. The van der Waals surface area contributed by atoms with Crippen LogP contribution in [0.3, 0.4) is 0 Å². The minimum atomic E-state index is 0.583. The van der Waals surface area contributed by atoms with Gasteiger partial charge in [-0.3, -0.25) is 0 Å². The first kappa shape index (κ1) is 7.57. The van der Waals surface area contributed by atoms with E-state index in [1.807, 2.05) is 0 Å². The molecule has 0 amide bonds. The maximum Gasteiger partial charge on any atom is 0.0324 e. The van der Waals surface area contributed by atoms with Crippen molar-refractivity contribution in [2.45, 2.75) is 0 Å². The van der Waals surface area contributed by atoms with Gasteiger partial charge in [0, 0.05) is 38.4 Å². The standard InChI is InChI=1S/C7H15N3/c1-7(6-8)10-4-2-9-3-5-10/h9H,1-6,8H2. The van der Waals surface area contributed by atoms with Crippen LogP contribution in [0.25, 0.3) is 0 Å². The summed E-state index contributed by atoms with van der Waals surface area (Å²) in [6, 6.07) is 0. The molecular formula is C7H15N3. The zero-order chi connectivity index (χ0) is 7.40. The molecule has 1 heterocycles. The smallest absolute Gasteiger partial charge is 0.0324 e. The highest BCUT2D eigenvalue weighted by molar-refractivity contribution is 4.96. The topological polar surface area (TPSA) is 41.3 Å². The maximum absolute atomic E-state index is 5.44. The van der Waals surface area contributed by atoms with Crippen molar-refractivity contribution in [2.75, 3.05) is 32.7 Å². The van der Waals surface area contributed by atoms with E-state index in [9.17, 15) is 0 Å². The Morgan fingerprint density at radius 3 is 2.60 bits per heavy atom. The van der Waals surface area contributed by atoms with Gasteiger partial charge in [-0.2, -0.15) is 0 Å². The molecule has 0 aromatic heterocycles. The molecule has 0 spiro atoms. The molecule has 0 bridgehead atoms. The summed E-state index contributed by atoms with van der Waals surface area (Å²) in [6.07, 6.45) is 0. The van der Waals surface area contributed by atoms with Crippen LogP contribution >= 0.6 is 0 Å². The molecule has 1 aliphatic heterocycles. The fraction of sp³-hybridized carbons (Fsp3) is 0.714. The zero-order valence-electron chi connectivity index (χ0n) is 6.27. The summed E-state index contributed by atoms with van der Waals surface area (Å²) in [5.41, 5.74) is 6.50. The van der Waals surface area contributed by atoms with Gasteiger partial charge in [0.25, 0.3) is 0 Å². The molecule has 0 radical (unpaired) electrons. The summed E-state index contributed by atoms with van der Waals surface area (Å²) >= 11 is 0. The lowest BCUT2D eigenvalue weighted by Crippen LogP contribution is -2.43.